The Kier molecular flexibility index (Phi) is 6.19. The van der Waals surface area contributed by atoms with Crippen LogP contribution in [0.4, 0.5) is 0 Å². The summed E-state index contributed by atoms with van der Waals surface area (Å²) in [5.74, 6) is -0.693. The van der Waals surface area contributed by atoms with E-state index in [2.05, 4.69) is 10.9 Å². The highest BCUT2D eigenvalue weighted by Gasteiger charge is 2.27. The second kappa shape index (κ2) is 8.62. The van der Waals surface area contributed by atoms with Gasteiger partial charge in [0.1, 0.15) is 5.75 Å². The number of carbonyl (C=O) groups is 2. The van der Waals surface area contributed by atoms with Crippen LogP contribution in [-0.4, -0.2) is 44.7 Å². The quantitative estimate of drug-likeness (QED) is 0.723. The summed E-state index contributed by atoms with van der Waals surface area (Å²) in [4.78, 5) is 24.8. The van der Waals surface area contributed by atoms with E-state index in [1.807, 2.05) is 13.0 Å². The van der Waals surface area contributed by atoms with E-state index < -0.39 is 21.8 Å². The fraction of sp³-hybridized carbons (Fsp3) is 0.300. The van der Waals surface area contributed by atoms with Crippen LogP contribution < -0.4 is 15.6 Å². The standard InChI is InChI=1S/C20H23N3O5S/c1-14-5-10-18(28-2)17(13-14)20(25)22-21-19(24)15-6-8-16(9-7-15)29(26,27)23-11-3-4-12-23/h5-10,13H,3-4,11-12H2,1-2H3,(H,21,24)(H,22,25). The summed E-state index contributed by atoms with van der Waals surface area (Å²) >= 11 is 0. The molecule has 0 bridgehead atoms. The fourth-order valence-corrected chi connectivity index (χ4v) is 4.63. The van der Waals surface area contributed by atoms with Crippen LogP contribution in [0.15, 0.2) is 47.4 Å². The molecule has 9 heteroatoms. The first-order chi connectivity index (χ1) is 13.8. The second-order valence-corrected chi connectivity index (χ2v) is 8.69. The molecular formula is C20H23N3O5S. The third-order valence-corrected chi connectivity index (χ3v) is 6.62. The van der Waals surface area contributed by atoms with Crippen LogP contribution in [0.5, 0.6) is 5.75 Å². The third kappa shape index (κ3) is 4.57. The van der Waals surface area contributed by atoms with Crippen molar-refractivity contribution in [3.8, 4) is 5.75 Å². The normalized spacial score (nSPS) is 14.4. The average Bonchev–Trinajstić information content (AvgIpc) is 3.27. The largest absolute Gasteiger partial charge is 0.496 e. The third-order valence-electron chi connectivity index (χ3n) is 4.71. The van der Waals surface area contributed by atoms with E-state index in [4.69, 9.17) is 4.74 Å². The van der Waals surface area contributed by atoms with Gasteiger partial charge in [-0.25, -0.2) is 8.42 Å². The Balaban J connectivity index is 1.66. The number of carbonyl (C=O) groups excluding carboxylic acids is 2. The van der Waals surface area contributed by atoms with Crippen molar-refractivity contribution in [2.45, 2.75) is 24.7 Å². The number of ether oxygens (including phenoxy) is 1. The highest BCUT2D eigenvalue weighted by Crippen LogP contribution is 2.21. The van der Waals surface area contributed by atoms with E-state index in [1.54, 1.807) is 12.1 Å². The molecule has 0 spiro atoms. The van der Waals surface area contributed by atoms with Gasteiger partial charge in [0.25, 0.3) is 11.8 Å². The summed E-state index contributed by atoms with van der Waals surface area (Å²) in [6.07, 6.45) is 1.70. The smallest absolute Gasteiger partial charge is 0.273 e. The van der Waals surface area contributed by atoms with Crippen molar-refractivity contribution in [1.29, 1.82) is 0 Å². The lowest BCUT2D eigenvalue weighted by Gasteiger charge is -2.15. The molecule has 2 aromatic carbocycles. The number of sulfonamides is 1. The minimum atomic E-state index is -3.54. The fourth-order valence-electron chi connectivity index (χ4n) is 3.11. The molecule has 0 aromatic heterocycles. The lowest BCUT2D eigenvalue weighted by atomic mass is 10.1. The van der Waals surface area contributed by atoms with Gasteiger partial charge in [-0.15, -0.1) is 0 Å². The van der Waals surface area contributed by atoms with Gasteiger partial charge in [0.15, 0.2) is 0 Å². The van der Waals surface area contributed by atoms with Gasteiger partial charge in [-0.05, 0) is 56.2 Å². The lowest BCUT2D eigenvalue weighted by Crippen LogP contribution is -2.41. The van der Waals surface area contributed by atoms with Crippen molar-refractivity contribution in [1.82, 2.24) is 15.2 Å². The Morgan fingerprint density at radius 3 is 2.21 bits per heavy atom. The molecule has 1 fully saturated rings. The maximum absolute atomic E-state index is 12.5. The number of hydrazine groups is 1. The van der Waals surface area contributed by atoms with Crippen molar-refractivity contribution in [2.24, 2.45) is 0 Å². The number of hydrogen-bond acceptors (Lipinski definition) is 5. The van der Waals surface area contributed by atoms with Gasteiger partial charge in [0, 0.05) is 18.7 Å². The predicted molar refractivity (Wildman–Crippen MR) is 107 cm³/mol. The van der Waals surface area contributed by atoms with E-state index >= 15 is 0 Å². The molecule has 154 valence electrons. The number of hydrogen-bond donors (Lipinski definition) is 2. The van der Waals surface area contributed by atoms with E-state index in [0.717, 1.165) is 18.4 Å². The van der Waals surface area contributed by atoms with Crippen molar-refractivity contribution in [3.05, 3.63) is 59.2 Å². The molecule has 0 unspecified atom stereocenters. The molecule has 0 saturated carbocycles. The molecule has 0 atom stereocenters. The SMILES string of the molecule is COc1ccc(C)cc1C(=O)NNC(=O)c1ccc(S(=O)(=O)N2CCCC2)cc1. The van der Waals surface area contributed by atoms with Gasteiger partial charge in [-0.1, -0.05) is 11.6 Å². The first kappa shape index (κ1) is 20.8. The average molecular weight is 417 g/mol. The molecule has 0 aliphatic carbocycles. The second-order valence-electron chi connectivity index (χ2n) is 6.75. The van der Waals surface area contributed by atoms with E-state index in [-0.39, 0.29) is 10.5 Å². The topological polar surface area (TPSA) is 105 Å². The number of benzene rings is 2. The molecular weight excluding hydrogens is 394 g/mol. The summed E-state index contributed by atoms with van der Waals surface area (Å²) in [7, 11) is -2.08. The lowest BCUT2D eigenvalue weighted by molar-refractivity contribution is 0.0845. The summed E-state index contributed by atoms with van der Waals surface area (Å²) in [5.41, 5.74) is 6.06. The maximum Gasteiger partial charge on any atom is 0.273 e. The molecule has 0 radical (unpaired) electrons. The zero-order chi connectivity index (χ0) is 21.0. The number of nitrogens with zero attached hydrogens (tertiary/aromatic N) is 1. The van der Waals surface area contributed by atoms with Gasteiger partial charge in [0.2, 0.25) is 10.0 Å². The Bertz CT molecular complexity index is 1010. The molecule has 29 heavy (non-hydrogen) atoms. The van der Waals surface area contributed by atoms with Crippen molar-refractivity contribution in [2.75, 3.05) is 20.2 Å². The van der Waals surface area contributed by atoms with E-state index in [9.17, 15) is 18.0 Å². The van der Waals surface area contributed by atoms with Crippen LogP contribution in [0.3, 0.4) is 0 Å². The number of methoxy groups -OCH3 is 1. The summed E-state index contributed by atoms with van der Waals surface area (Å²) < 4.78 is 31.7. The molecule has 1 saturated heterocycles. The van der Waals surface area contributed by atoms with Crippen LogP contribution in [0.1, 0.15) is 39.1 Å². The van der Waals surface area contributed by atoms with Crippen LogP contribution in [0.25, 0.3) is 0 Å². The maximum atomic E-state index is 12.5. The van der Waals surface area contributed by atoms with Gasteiger partial charge in [-0.2, -0.15) is 4.31 Å². The van der Waals surface area contributed by atoms with Crippen LogP contribution in [-0.2, 0) is 10.0 Å². The van der Waals surface area contributed by atoms with Gasteiger partial charge < -0.3 is 4.74 Å². The zero-order valence-electron chi connectivity index (χ0n) is 16.3. The Morgan fingerprint density at radius 1 is 0.966 bits per heavy atom. The Morgan fingerprint density at radius 2 is 1.59 bits per heavy atom. The minimum Gasteiger partial charge on any atom is -0.496 e. The van der Waals surface area contributed by atoms with Crippen LogP contribution in [0.2, 0.25) is 0 Å². The zero-order valence-corrected chi connectivity index (χ0v) is 17.1. The number of aryl methyl sites for hydroxylation is 1. The van der Waals surface area contributed by atoms with Crippen molar-refractivity contribution >= 4 is 21.8 Å². The highest BCUT2D eigenvalue weighted by atomic mass is 32.2. The Labute approximate surface area is 169 Å². The predicted octanol–water partition coefficient (Wildman–Crippen LogP) is 1.86. The first-order valence-corrected chi connectivity index (χ1v) is 10.6. The Hall–Kier alpha value is -2.91. The van der Waals surface area contributed by atoms with Gasteiger partial charge in [0.05, 0.1) is 17.6 Å². The molecule has 8 nitrogen and oxygen atoms in total. The van der Waals surface area contributed by atoms with Gasteiger partial charge >= 0.3 is 0 Å². The molecule has 1 heterocycles. The molecule has 2 aromatic rings. The van der Waals surface area contributed by atoms with E-state index in [1.165, 1.54) is 35.7 Å². The number of amides is 2. The van der Waals surface area contributed by atoms with Gasteiger partial charge in [-0.3, -0.25) is 20.4 Å². The highest BCUT2D eigenvalue weighted by molar-refractivity contribution is 7.89. The van der Waals surface area contributed by atoms with Crippen molar-refractivity contribution < 1.29 is 22.7 Å². The minimum absolute atomic E-state index is 0.143. The van der Waals surface area contributed by atoms with Crippen LogP contribution in [0, 0.1) is 6.92 Å². The van der Waals surface area contributed by atoms with Crippen molar-refractivity contribution in [3.63, 3.8) is 0 Å². The monoisotopic (exact) mass is 417 g/mol. The molecule has 1 aliphatic rings. The summed E-state index contributed by atoms with van der Waals surface area (Å²) in [6.45, 7) is 2.87. The molecule has 1 aliphatic heterocycles. The summed E-state index contributed by atoms with van der Waals surface area (Å²) in [5, 5.41) is 0. The molecule has 2 amide bonds. The number of rotatable bonds is 5. The number of nitrogens with one attached hydrogen (secondary N) is 2. The summed E-state index contributed by atoms with van der Waals surface area (Å²) in [6, 6.07) is 10.8. The van der Waals surface area contributed by atoms with E-state index in [0.29, 0.717) is 24.4 Å². The van der Waals surface area contributed by atoms with Crippen LogP contribution >= 0.6 is 0 Å². The first-order valence-electron chi connectivity index (χ1n) is 9.18. The molecule has 2 N–H and O–H groups in total. The molecule has 3 rings (SSSR count).